The van der Waals surface area contributed by atoms with E-state index in [9.17, 15) is 18.4 Å². The van der Waals surface area contributed by atoms with Crippen molar-refractivity contribution in [3.8, 4) is 5.75 Å². The van der Waals surface area contributed by atoms with Crippen molar-refractivity contribution in [1.29, 1.82) is 0 Å². The number of ether oxygens (including phenoxy) is 2. The summed E-state index contributed by atoms with van der Waals surface area (Å²) in [5.74, 6) is -1.11. The SMILES string of the molecule is C[C@@H](OC(=O)c1cccc(N(C)C)c1)C(=O)c1ccc(OC(F)F)cc1. The molecule has 0 saturated heterocycles. The minimum absolute atomic E-state index is 0.0540. The van der Waals surface area contributed by atoms with Crippen LogP contribution in [0.5, 0.6) is 5.75 Å². The third-order valence-electron chi connectivity index (χ3n) is 3.62. The summed E-state index contributed by atoms with van der Waals surface area (Å²) >= 11 is 0. The van der Waals surface area contributed by atoms with E-state index in [-0.39, 0.29) is 11.3 Å². The van der Waals surface area contributed by atoms with Gasteiger partial charge >= 0.3 is 12.6 Å². The van der Waals surface area contributed by atoms with Crippen LogP contribution >= 0.6 is 0 Å². The Balaban J connectivity index is 2.04. The van der Waals surface area contributed by atoms with Crippen molar-refractivity contribution in [3.63, 3.8) is 0 Å². The predicted octanol–water partition coefficient (Wildman–Crippen LogP) is 3.78. The number of carbonyl (C=O) groups excluding carboxylic acids is 2. The first kappa shape index (κ1) is 19.4. The van der Waals surface area contributed by atoms with Crippen molar-refractivity contribution < 1.29 is 27.8 Å². The van der Waals surface area contributed by atoms with Crippen molar-refractivity contribution in [2.45, 2.75) is 19.6 Å². The molecule has 0 spiro atoms. The molecule has 0 saturated carbocycles. The van der Waals surface area contributed by atoms with E-state index in [0.29, 0.717) is 5.56 Å². The standard InChI is InChI=1S/C19H19F2NO4/c1-12(17(23)13-7-9-16(10-8-13)26-19(20)21)25-18(24)14-5-4-6-15(11-14)22(2)3/h4-12,19H,1-3H3/t12-/m1/s1. The minimum Gasteiger partial charge on any atom is -0.451 e. The molecule has 0 aliphatic carbocycles. The van der Waals surface area contributed by atoms with Crippen molar-refractivity contribution in [1.82, 2.24) is 0 Å². The molecule has 0 fully saturated rings. The zero-order chi connectivity index (χ0) is 19.3. The number of ketones is 1. The van der Waals surface area contributed by atoms with Crippen molar-refractivity contribution in [2.24, 2.45) is 0 Å². The van der Waals surface area contributed by atoms with E-state index in [1.807, 2.05) is 25.1 Å². The monoisotopic (exact) mass is 363 g/mol. The average Bonchev–Trinajstić information content (AvgIpc) is 2.61. The Labute approximate surface area is 150 Å². The molecule has 2 aromatic carbocycles. The molecule has 1 atom stereocenters. The fraction of sp³-hybridized carbons (Fsp3) is 0.263. The zero-order valence-corrected chi connectivity index (χ0v) is 14.6. The lowest BCUT2D eigenvalue weighted by Crippen LogP contribution is -2.24. The molecule has 0 aromatic heterocycles. The van der Waals surface area contributed by atoms with Crippen LogP contribution < -0.4 is 9.64 Å². The molecule has 0 unspecified atom stereocenters. The fourth-order valence-electron chi connectivity index (χ4n) is 2.23. The van der Waals surface area contributed by atoms with Gasteiger partial charge in [-0.25, -0.2) is 4.79 Å². The third-order valence-corrected chi connectivity index (χ3v) is 3.62. The molecule has 0 N–H and O–H groups in total. The molecule has 2 rings (SSSR count). The summed E-state index contributed by atoms with van der Waals surface area (Å²) in [7, 11) is 3.69. The largest absolute Gasteiger partial charge is 0.451 e. The minimum atomic E-state index is -2.94. The number of hydrogen-bond donors (Lipinski definition) is 0. The summed E-state index contributed by atoms with van der Waals surface area (Å²) in [4.78, 5) is 26.4. The van der Waals surface area contributed by atoms with Crippen LogP contribution in [0, 0.1) is 0 Å². The topological polar surface area (TPSA) is 55.8 Å². The van der Waals surface area contributed by atoms with Crippen molar-refractivity contribution in [3.05, 3.63) is 59.7 Å². The van der Waals surface area contributed by atoms with Gasteiger partial charge in [0.25, 0.3) is 0 Å². The van der Waals surface area contributed by atoms with Crippen LogP contribution in [-0.2, 0) is 4.74 Å². The van der Waals surface area contributed by atoms with Crippen LogP contribution in [0.1, 0.15) is 27.6 Å². The van der Waals surface area contributed by atoms with E-state index in [4.69, 9.17) is 4.74 Å². The summed E-state index contributed by atoms with van der Waals surface area (Å²) in [6.45, 7) is -1.48. The Morgan fingerprint density at radius 2 is 1.65 bits per heavy atom. The maximum atomic E-state index is 12.3. The lowest BCUT2D eigenvalue weighted by atomic mass is 10.1. The number of hydrogen-bond acceptors (Lipinski definition) is 5. The first-order valence-corrected chi connectivity index (χ1v) is 7.85. The van der Waals surface area contributed by atoms with Gasteiger partial charge in [-0.1, -0.05) is 6.07 Å². The van der Waals surface area contributed by atoms with Crippen LogP contribution in [0.3, 0.4) is 0 Å². The van der Waals surface area contributed by atoms with Crippen LogP contribution in [0.25, 0.3) is 0 Å². The van der Waals surface area contributed by atoms with Gasteiger partial charge in [-0.2, -0.15) is 8.78 Å². The highest BCUT2D eigenvalue weighted by molar-refractivity contribution is 6.01. The number of benzene rings is 2. The second kappa shape index (κ2) is 8.42. The van der Waals surface area contributed by atoms with Gasteiger partial charge in [-0.3, -0.25) is 4.79 Å². The third kappa shape index (κ3) is 5.02. The Morgan fingerprint density at radius 1 is 1.00 bits per heavy atom. The molecular formula is C19H19F2NO4. The molecule has 0 bridgehead atoms. The maximum absolute atomic E-state index is 12.3. The zero-order valence-electron chi connectivity index (χ0n) is 14.6. The van der Waals surface area contributed by atoms with Crippen molar-refractivity contribution >= 4 is 17.4 Å². The molecule has 0 amide bonds. The van der Waals surface area contributed by atoms with E-state index in [1.54, 1.807) is 18.2 Å². The Morgan fingerprint density at radius 3 is 2.23 bits per heavy atom. The first-order chi connectivity index (χ1) is 12.3. The number of halogens is 2. The smallest absolute Gasteiger partial charge is 0.387 e. The second-order valence-electron chi connectivity index (χ2n) is 5.76. The molecule has 7 heteroatoms. The van der Waals surface area contributed by atoms with Gasteiger partial charge in [0.2, 0.25) is 5.78 Å². The van der Waals surface area contributed by atoms with Crippen LogP contribution in [0.4, 0.5) is 14.5 Å². The van der Waals surface area contributed by atoms with Gasteiger partial charge in [0.05, 0.1) is 5.56 Å². The van der Waals surface area contributed by atoms with Gasteiger partial charge in [-0.05, 0) is 49.4 Å². The van der Waals surface area contributed by atoms with Crippen LogP contribution in [-0.4, -0.2) is 38.6 Å². The van der Waals surface area contributed by atoms with E-state index >= 15 is 0 Å². The molecular weight excluding hydrogens is 344 g/mol. The molecule has 5 nitrogen and oxygen atoms in total. The summed E-state index contributed by atoms with van der Waals surface area (Å²) in [5.41, 5.74) is 1.39. The highest BCUT2D eigenvalue weighted by Crippen LogP contribution is 2.18. The first-order valence-electron chi connectivity index (χ1n) is 7.85. The normalized spacial score (nSPS) is 11.8. The summed E-state index contributed by atoms with van der Waals surface area (Å²) in [5, 5.41) is 0. The van der Waals surface area contributed by atoms with Gasteiger partial charge < -0.3 is 14.4 Å². The Hall–Kier alpha value is -2.96. The molecule has 138 valence electrons. The van der Waals surface area contributed by atoms with E-state index < -0.39 is 24.5 Å². The molecule has 0 aliphatic heterocycles. The highest BCUT2D eigenvalue weighted by Gasteiger charge is 2.21. The highest BCUT2D eigenvalue weighted by atomic mass is 19.3. The average molecular weight is 363 g/mol. The molecule has 26 heavy (non-hydrogen) atoms. The number of carbonyl (C=O) groups is 2. The van der Waals surface area contributed by atoms with Gasteiger partial charge in [-0.15, -0.1) is 0 Å². The number of alkyl halides is 2. The number of esters is 1. The van der Waals surface area contributed by atoms with E-state index in [1.165, 1.54) is 31.2 Å². The second-order valence-corrected chi connectivity index (χ2v) is 5.76. The summed E-state index contributed by atoms with van der Waals surface area (Å²) < 4.78 is 33.7. The van der Waals surface area contributed by atoms with E-state index in [2.05, 4.69) is 4.74 Å². The Bertz CT molecular complexity index is 775. The number of anilines is 1. The summed E-state index contributed by atoms with van der Waals surface area (Å²) in [6.07, 6.45) is -1.02. The van der Waals surface area contributed by atoms with Gasteiger partial charge in [0.15, 0.2) is 6.10 Å². The molecule has 2 aromatic rings. The number of nitrogens with zero attached hydrogens (tertiary/aromatic N) is 1. The Kier molecular flexibility index (Phi) is 6.27. The predicted molar refractivity (Wildman–Crippen MR) is 93.1 cm³/mol. The maximum Gasteiger partial charge on any atom is 0.387 e. The fourth-order valence-corrected chi connectivity index (χ4v) is 2.23. The van der Waals surface area contributed by atoms with Crippen LogP contribution in [0.2, 0.25) is 0 Å². The molecule has 0 radical (unpaired) electrons. The summed E-state index contributed by atoms with van der Waals surface area (Å²) in [6, 6.07) is 12.0. The van der Waals surface area contributed by atoms with Crippen LogP contribution in [0.15, 0.2) is 48.5 Å². The van der Waals surface area contributed by atoms with E-state index in [0.717, 1.165) is 5.69 Å². The van der Waals surface area contributed by atoms with Gasteiger partial charge in [0, 0.05) is 25.3 Å². The van der Waals surface area contributed by atoms with Crippen molar-refractivity contribution in [2.75, 3.05) is 19.0 Å². The lowest BCUT2D eigenvalue weighted by Gasteiger charge is -2.15. The molecule has 0 heterocycles. The number of rotatable bonds is 7. The lowest BCUT2D eigenvalue weighted by molar-refractivity contribution is -0.0498. The van der Waals surface area contributed by atoms with Gasteiger partial charge in [0.1, 0.15) is 5.75 Å². The number of Topliss-reactive ketones (excluding diaryl/α,β-unsaturated/α-hetero) is 1. The quantitative estimate of drug-likeness (QED) is 0.553. The molecule has 0 aliphatic rings.